The van der Waals surface area contributed by atoms with E-state index in [0.717, 1.165) is 22.4 Å². The molecule has 32 heavy (non-hydrogen) atoms. The Bertz CT molecular complexity index is 1580. The van der Waals surface area contributed by atoms with Crippen LogP contribution >= 0.6 is 0 Å². The van der Waals surface area contributed by atoms with E-state index >= 15 is 0 Å². The molecule has 0 fully saturated rings. The standard InChI is InChI=1S/C24H19N7O/c1-30-22-14-20(15-6-3-2-4-7-15)29-31(22)21-13-17(10-11-19(21)24(30)32)16-8-5-9-18(12-16)23(27-25)28-26/h2-14,25H,26H2,1H3. The normalized spacial score (nSPS) is 11.8. The summed E-state index contributed by atoms with van der Waals surface area (Å²) in [6.07, 6.45) is 0. The van der Waals surface area contributed by atoms with Crippen LogP contribution < -0.4 is 11.4 Å². The second-order valence-electron chi connectivity index (χ2n) is 7.41. The minimum Gasteiger partial charge on any atom is -0.321 e. The topological polar surface area (TPSA) is 114 Å². The van der Waals surface area contributed by atoms with Gasteiger partial charge in [0.15, 0.2) is 5.84 Å². The van der Waals surface area contributed by atoms with Gasteiger partial charge in [-0.05, 0) is 29.3 Å². The maximum atomic E-state index is 13.0. The summed E-state index contributed by atoms with van der Waals surface area (Å²) in [4.78, 5) is 13.0. The zero-order valence-electron chi connectivity index (χ0n) is 17.2. The van der Waals surface area contributed by atoms with E-state index < -0.39 is 0 Å². The monoisotopic (exact) mass is 421 g/mol. The van der Waals surface area contributed by atoms with Crippen LogP contribution in [0.25, 0.3) is 38.9 Å². The summed E-state index contributed by atoms with van der Waals surface area (Å²) in [6, 6.07) is 24.9. The molecule has 0 saturated heterocycles. The second kappa shape index (κ2) is 7.59. The molecule has 5 aromatic rings. The maximum Gasteiger partial charge on any atom is 0.261 e. The van der Waals surface area contributed by atoms with Gasteiger partial charge in [-0.1, -0.05) is 54.6 Å². The predicted molar refractivity (Wildman–Crippen MR) is 125 cm³/mol. The van der Waals surface area contributed by atoms with Gasteiger partial charge in [-0.3, -0.25) is 9.36 Å². The van der Waals surface area contributed by atoms with Gasteiger partial charge < -0.3 is 5.84 Å². The van der Waals surface area contributed by atoms with Crippen molar-refractivity contribution in [2.45, 2.75) is 0 Å². The first-order valence-electron chi connectivity index (χ1n) is 9.95. The van der Waals surface area contributed by atoms with Crippen LogP contribution in [0.3, 0.4) is 0 Å². The van der Waals surface area contributed by atoms with Gasteiger partial charge in [0, 0.05) is 24.2 Å². The van der Waals surface area contributed by atoms with Crippen molar-refractivity contribution in [1.29, 1.82) is 5.53 Å². The molecule has 0 spiro atoms. The third-order valence-electron chi connectivity index (χ3n) is 5.55. The fraction of sp³-hybridized carbons (Fsp3) is 0.0417. The van der Waals surface area contributed by atoms with Crippen molar-refractivity contribution in [3.8, 4) is 22.4 Å². The van der Waals surface area contributed by atoms with E-state index in [2.05, 4.69) is 10.2 Å². The summed E-state index contributed by atoms with van der Waals surface area (Å²) < 4.78 is 3.42. The Labute approximate surface area is 182 Å². The highest BCUT2D eigenvalue weighted by molar-refractivity contribution is 6.00. The molecule has 0 aliphatic rings. The molecule has 8 heteroatoms. The minimum absolute atomic E-state index is 0.0853. The number of aryl methyl sites for hydroxylation is 1. The number of nitrogens with two attached hydrogens (primary N) is 1. The van der Waals surface area contributed by atoms with Gasteiger partial charge in [0.1, 0.15) is 5.65 Å². The number of hydrazone groups is 1. The molecule has 0 atom stereocenters. The van der Waals surface area contributed by atoms with Crippen LogP contribution in [0.15, 0.2) is 93.9 Å². The first-order chi connectivity index (χ1) is 15.6. The lowest BCUT2D eigenvalue weighted by molar-refractivity contribution is 0.850. The Balaban J connectivity index is 1.75. The first-order valence-corrected chi connectivity index (χ1v) is 9.95. The summed E-state index contributed by atoms with van der Waals surface area (Å²) in [5, 5.41) is 12.3. The number of aromatic nitrogens is 3. The molecule has 0 saturated carbocycles. The van der Waals surface area contributed by atoms with Crippen LogP contribution in [0.5, 0.6) is 0 Å². The molecule has 0 radical (unpaired) electrons. The Morgan fingerprint density at radius 3 is 2.44 bits per heavy atom. The highest BCUT2D eigenvalue weighted by Gasteiger charge is 2.14. The number of nitrogens with zero attached hydrogens (tertiary/aromatic N) is 5. The molecule has 156 valence electrons. The van der Waals surface area contributed by atoms with Crippen LogP contribution in [0.1, 0.15) is 5.56 Å². The lowest BCUT2D eigenvalue weighted by Crippen LogP contribution is -2.19. The Morgan fingerprint density at radius 2 is 1.69 bits per heavy atom. The third kappa shape index (κ3) is 3.05. The van der Waals surface area contributed by atoms with Gasteiger partial charge in [-0.2, -0.15) is 10.2 Å². The number of rotatable bonds is 3. The number of fused-ring (bicyclic) bond motifs is 3. The van der Waals surface area contributed by atoms with Gasteiger partial charge in [0.25, 0.3) is 5.56 Å². The van der Waals surface area contributed by atoms with E-state index in [4.69, 9.17) is 16.5 Å². The summed E-state index contributed by atoms with van der Waals surface area (Å²) in [5.74, 6) is 5.49. The van der Waals surface area contributed by atoms with Gasteiger partial charge in [0.05, 0.1) is 16.6 Å². The number of benzene rings is 3. The van der Waals surface area contributed by atoms with E-state index in [9.17, 15) is 4.79 Å². The quantitative estimate of drug-likeness (QED) is 0.150. The molecule has 8 nitrogen and oxygen atoms in total. The Hall–Kier alpha value is -4.59. The van der Waals surface area contributed by atoms with Crippen LogP contribution in [0.2, 0.25) is 0 Å². The fourth-order valence-corrected chi connectivity index (χ4v) is 3.90. The minimum atomic E-state index is -0.0853. The van der Waals surface area contributed by atoms with Gasteiger partial charge in [0.2, 0.25) is 0 Å². The maximum absolute atomic E-state index is 13.0. The van der Waals surface area contributed by atoms with Gasteiger partial charge in [-0.15, -0.1) is 5.11 Å². The summed E-state index contributed by atoms with van der Waals surface area (Å²) >= 11 is 0. The summed E-state index contributed by atoms with van der Waals surface area (Å²) in [6.45, 7) is 0. The molecule has 0 aliphatic heterocycles. The van der Waals surface area contributed by atoms with Crippen molar-refractivity contribution >= 4 is 22.4 Å². The Kier molecular flexibility index (Phi) is 4.59. The Morgan fingerprint density at radius 1 is 0.938 bits per heavy atom. The average Bonchev–Trinajstić information content (AvgIpc) is 3.30. The highest BCUT2D eigenvalue weighted by Crippen LogP contribution is 2.26. The highest BCUT2D eigenvalue weighted by atomic mass is 16.1. The lowest BCUT2D eigenvalue weighted by atomic mass is 10.0. The molecule has 2 aromatic heterocycles. The van der Waals surface area contributed by atoms with Crippen molar-refractivity contribution in [3.05, 3.63) is 94.8 Å². The van der Waals surface area contributed by atoms with Gasteiger partial charge >= 0.3 is 0 Å². The van der Waals surface area contributed by atoms with Crippen molar-refractivity contribution in [1.82, 2.24) is 14.2 Å². The number of hydrogen-bond acceptors (Lipinski definition) is 5. The van der Waals surface area contributed by atoms with E-state index in [1.54, 1.807) is 22.2 Å². The van der Waals surface area contributed by atoms with Crippen molar-refractivity contribution in [2.75, 3.05) is 0 Å². The molecule has 0 unspecified atom stereocenters. The first kappa shape index (κ1) is 19.4. The molecule has 2 heterocycles. The predicted octanol–water partition coefficient (Wildman–Crippen LogP) is 4.17. The number of amidine groups is 1. The van der Waals surface area contributed by atoms with Gasteiger partial charge in [-0.25, -0.2) is 10.0 Å². The van der Waals surface area contributed by atoms with Crippen LogP contribution in [-0.2, 0) is 7.05 Å². The van der Waals surface area contributed by atoms with E-state index in [-0.39, 0.29) is 11.4 Å². The second-order valence-corrected chi connectivity index (χ2v) is 7.41. The molecule has 0 aliphatic carbocycles. The van der Waals surface area contributed by atoms with E-state index in [1.165, 1.54) is 0 Å². The smallest absolute Gasteiger partial charge is 0.261 e. The molecule has 0 bridgehead atoms. The SMILES string of the molecule is Cn1c(=O)c2ccc(-c3cccc(C(N=N)=NN)c3)cc2n2nc(-c3ccccc3)cc12. The molecule has 3 N–H and O–H groups in total. The van der Waals surface area contributed by atoms with Crippen molar-refractivity contribution in [3.63, 3.8) is 0 Å². The largest absolute Gasteiger partial charge is 0.321 e. The molecular formula is C24H19N7O. The summed E-state index contributed by atoms with van der Waals surface area (Å²) in [7, 11) is 1.75. The van der Waals surface area contributed by atoms with Crippen molar-refractivity contribution < 1.29 is 0 Å². The molecule has 3 aromatic carbocycles. The number of hydrogen-bond donors (Lipinski definition) is 2. The molecule has 0 amide bonds. The van der Waals surface area contributed by atoms with Crippen molar-refractivity contribution in [2.24, 2.45) is 23.1 Å². The number of nitrogens with one attached hydrogen (secondary N) is 1. The average molecular weight is 421 g/mol. The van der Waals surface area contributed by atoms with Crippen LogP contribution in [-0.4, -0.2) is 20.0 Å². The zero-order chi connectivity index (χ0) is 22.2. The lowest BCUT2D eigenvalue weighted by Gasteiger charge is -2.09. The van der Waals surface area contributed by atoms with Crippen LogP contribution in [0, 0.1) is 5.53 Å². The molecule has 5 rings (SSSR count). The van der Waals surface area contributed by atoms with E-state index in [1.807, 2.05) is 72.8 Å². The summed E-state index contributed by atoms with van der Waals surface area (Å²) in [5.41, 5.74) is 12.8. The molecular weight excluding hydrogens is 402 g/mol. The zero-order valence-corrected chi connectivity index (χ0v) is 17.2. The third-order valence-corrected chi connectivity index (χ3v) is 5.55. The van der Waals surface area contributed by atoms with Crippen LogP contribution in [0.4, 0.5) is 0 Å². The van der Waals surface area contributed by atoms with E-state index in [0.29, 0.717) is 22.1 Å². The fourth-order valence-electron chi connectivity index (χ4n) is 3.90.